The van der Waals surface area contributed by atoms with Crippen LogP contribution in [0.25, 0.3) is 0 Å². The molecule has 1 saturated heterocycles. The van der Waals surface area contributed by atoms with Gasteiger partial charge in [-0.25, -0.2) is 5.84 Å². The predicted octanol–water partition coefficient (Wildman–Crippen LogP) is 2.25. The number of rotatable bonds is 5. The summed E-state index contributed by atoms with van der Waals surface area (Å²) in [5.41, 5.74) is 5.86. The number of allylic oxidation sites excluding steroid dienone is 4. The molecule has 0 aromatic heterocycles. The summed E-state index contributed by atoms with van der Waals surface area (Å²) in [6.45, 7) is 6.32. The molecule has 8 heteroatoms. The summed E-state index contributed by atoms with van der Waals surface area (Å²) in [6.07, 6.45) is 11.7. The first-order valence-electron chi connectivity index (χ1n) is 11.5. The van der Waals surface area contributed by atoms with Crippen molar-refractivity contribution in [2.45, 2.75) is 38.6 Å². The molecule has 1 fully saturated rings. The summed E-state index contributed by atoms with van der Waals surface area (Å²) >= 11 is 0. The Balaban J connectivity index is 0.000000205. The number of aryl methyl sites for hydroxylation is 1. The van der Waals surface area contributed by atoms with Gasteiger partial charge in [-0.05, 0) is 55.0 Å². The van der Waals surface area contributed by atoms with Gasteiger partial charge in [-0.3, -0.25) is 14.8 Å². The van der Waals surface area contributed by atoms with E-state index in [1.807, 2.05) is 36.4 Å². The van der Waals surface area contributed by atoms with Gasteiger partial charge in [0.25, 0.3) is 0 Å². The van der Waals surface area contributed by atoms with Crippen molar-refractivity contribution in [2.75, 3.05) is 37.9 Å². The number of nitrogens with two attached hydrogens (primary N) is 2. The fourth-order valence-corrected chi connectivity index (χ4v) is 4.43. The highest BCUT2D eigenvalue weighted by atomic mass is 16.3. The van der Waals surface area contributed by atoms with E-state index >= 15 is 0 Å². The van der Waals surface area contributed by atoms with Crippen LogP contribution in [0.3, 0.4) is 0 Å². The van der Waals surface area contributed by atoms with Crippen molar-refractivity contribution in [3.05, 3.63) is 64.8 Å². The molecule has 3 aliphatic rings. The standard InChI is InChI=1S/C16H21N3O.C9H14N4/c17-11-13-1-3-14-9-16(10-15(14)4-2-13)19-7-5-18(12-20)6-8-19;1-2-8-3-5-9(6-4-8)13(11)7-12-10/h1-3,16,20H,4-10,12H2;3-7H,2,10-11H2,1H3/b;12-7-. The zero-order valence-electron chi connectivity index (χ0n) is 19.4. The number of anilines is 1. The zero-order chi connectivity index (χ0) is 23.6. The van der Waals surface area contributed by atoms with Crippen LogP contribution in [0.5, 0.6) is 0 Å². The summed E-state index contributed by atoms with van der Waals surface area (Å²) in [7, 11) is 0. The molecule has 4 rings (SSSR count). The second-order valence-electron chi connectivity index (χ2n) is 8.49. The highest BCUT2D eigenvalue weighted by Gasteiger charge is 2.30. The lowest BCUT2D eigenvalue weighted by molar-refractivity contribution is 0.0394. The van der Waals surface area contributed by atoms with Gasteiger partial charge in [0.15, 0.2) is 0 Å². The van der Waals surface area contributed by atoms with Gasteiger partial charge < -0.3 is 10.9 Å². The molecule has 1 aliphatic heterocycles. The normalized spacial score (nSPS) is 21.2. The van der Waals surface area contributed by atoms with Gasteiger partial charge in [0.2, 0.25) is 0 Å². The van der Waals surface area contributed by atoms with E-state index in [0.29, 0.717) is 6.04 Å². The average molecular weight is 450 g/mol. The van der Waals surface area contributed by atoms with E-state index in [2.05, 4.69) is 34.0 Å². The number of aliphatic hydroxyl groups excluding tert-OH is 1. The molecule has 8 nitrogen and oxygen atoms in total. The second kappa shape index (κ2) is 12.3. The third-order valence-corrected chi connectivity index (χ3v) is 6.51. The number of nitriles is 1. The van der Waals surface area contributed by atoms with Crippen LogP contribution >= 0.6 is 0 Å². The monoisotopic (exact) mass is 449 g/mol. The molecular weight excluding hydrogens is 414 g/mol. The average Bonchev–Trinajstić information content (AvgIpc) is 3.18. The lowest BCUT2D eigenvalue weighted by atomic mass is 10.1. The maximum atomic E-state index is 9.15. The minimum absolute atomic E-state index is 0.178. The largest absolute Gasteiger partial charge is 0.381 e. The molecule has 1 aromatic rings. The van der Waals surface area contributed by atoms with E-state index in [1.54, 1.807) is 0 Å². The molecular formula is C25H35N7O. The Morgan fingerprint density at radius 1 is 1.18 bits per heavy atom. The van der Waals surface area contributed by atoms with Gasteiger partial charge >= 0.3 is 0 Å². The van der Waals surface area contributed by atoms with Gasteiger partial charge in [0.05, 0.1) is 18.5 Å². The topological polar surface area (TPSA) is 118 Å². The predicted molar refractivity (Wildman–Crippen MR) is 133 cm³/mol. The SMILES string of the molecule is CCc1ccc(N(N)/C=N\N)cc1.N#CC1=CCC2=C(C=C1)CC(N1CCN(CO)CC1)C2. The number of hydrogen-bond acceptors (Lipinski definition) is 7. The third kappa shape index (κ3) is 6.76. The molecule has 176 valence electrons. The van der Waals surface area contributed by atoms with Crippen LogP contribution in [0.1, 0.15) is 31.7 Å². The molecule has 5 N–H and O–H groups in total. The number of nitrogens with zero attached hydrogens (tertiary/aromatic N) is 5. The summed E-state index contributed by atoms with van der Waals surface area (Å²) < 4.78 is 0. The van der Waals surface area contributed by atoms with Gasteiger partial charge in [0.1, 0.15) is 6.34 Å². The van der Waals surface area contributed by atoms with Crippen molar-refractivity contribution in [2.24, 2.45) is 16.8 Å². The molecule has 0 saturated carbocycles. The molecule has 0 radical (unpaired) electrons. The summed E-state index contributed by atoms with van der Waals surface area (Å²) in [4.78, 5) is 4.65. The van der Waals surface area contributed by atoms with Crippen LogP contribution in [0.2, 0.25) is 0 Å². The number of benzene rings is 1. The fraction of sp³-hybridized carbons (Fsp3) is 0.440. The smallest absolute Gasteiger partial charge is 0.129 e. The van der Waals surface area contributed by atoms with Gasteiger partial charge in [-0.1, -0.05) is 36.8 Å². The van der Waals surface area contributed by atoms with E-state index < -0.39 is 0 Å². The summed E-state index contributed by atoms with van der Waals surface area (Å²) in [5, 5.41) is 22.8. The van der Waals surface area contributed by atoms with Crippen molar-refractivity contribution in [1.82, 2.24) is 9.80 Å². The van der Waals surface area contributed by atoms with Crippen molar-refractivity contribution < 1.29 is 5.11 Å². The molecule has 33 heavy (non-hydrogen) atoms. The lowest BCUT2D eigenvalue weighted by Crippen LogP contribution is -2.50. The van der Waals surface area contributed by atoms with Gasteiger partial charge in [0, 0.05) is 37.8 Å². The van der Waals surface area contributed by atoms with E-state index in [4.69, 9.17) is 22.1 Å². The summed E-state index contributed by atoms with van der Waals surface area (Å²) in [6, 6.07) is 10.8. The van der Waals surface area contributed by atoms with Crippen molar-refractivity contribution >= 4 is 12.0 Å². The lowest BCUT2D eigenvalue weighted by Gasteiger charge is -2.37. The Labute approximate surface area is 196 Å². The molecule has 0 amide bonds. The van der Waals surface area contributed by atoms with Gasteiger partial charge in [-0.2, -0.15) is 10.4 Å². The Hall–Kier alpha value is -2.96. The second-order valence-corrected chi connectivity index (χ2v) is 8.49. The van der Waals surface area contributed by atoms with E-state index in [0.717, 1.165) is 63.1 Å². The van der Waals surface area contributed by atoms with E-state index in [9.17, 15) is 0 Å². The molecule has 1 aromatic carbocycles. The molecule has 2 aliphatic carbocycles. The van der Waals surface area contributed by atoms with E-state index in [-0.39, 0.29) is 6.73 Å². The van der Waals surface area contributed by atoms with Crippen LogP contribution in [-0.2, 0) is 6.42 Å². The highest BCUT2D eigenvalue weighted by molar-refractivity contribution is 5.77. The molecule has 0 spiro atoms. The number of aliphatic hydroxyl groups is 1. The highest BCUT2D eigenvalue weighted by Crippen LogP contribution is 2.35. The minimum Gasteiger partial charge on any atom is -0.381 e. The number of hydrazone groups is 1. The Bertz CT molecular complexity index is 934. The first-order chi connectivity index (χ1) is 16.1. The zero-order valence-corrected chi connectivity index (χ0v) is 19.4. The fourth-order valence-electron chi connectivity index (χ4n) is 4.43. The summed E-state index contributed by atoms with van der Waals surface area (Å²) in [5.74, 6) is 10.6. The molecule has 1 atom stereocenters. The quantitative estimate of drug-likeness (QED) is 0.273. The van der Waals surface area contributed by atoms with Crippen LogP contribution in [0, 0.1) is 11.3 Å². The van der Waals surface area contributed by atoms with Crippen LogP contribution in [0.4, 0.5) is 5.69 Å². The first-order valence-corrected chi connectivity index (χ1v) is 11.5. The van der Waals surface area contributed by atoms with Crippen LogP contribution < -0.4 is 16.7 Å². The number of hydrogen-bond donors (Lipinski definition) is 3. The van der Waals surface area contributed by atoms with Gasteiger partial charge in [-0.15, -0.1) is 0 Å². The maximum absolute atomic E-state index is 9.15. The van der Waals surface area contributed by atoms with Crippen LogP contribution in [0.15, 0.2) is 64.3 Å². The molecule has 0 bridgehead atoms. The first kappa shape index (κ1) is 24.7. The Kier molecular flexibility index (Phi) is 9.22. The number of piperazine rings is 1. The van der Waals surface area contributed by atoms with Crippen molar-refractivity contribution in [1.29, 1.82) is 5.26 Å². The minimum atomic E-state index is 0.178. The Morgan fingerprint density at radius 3 is 2.52 bits per heavy atom. The molecule has 1 heterocycles. The third-order valence-electron chi connectivity index (χ3n) is 6.51. The van der Waals surface area contributed by atoms with Crippen molar-refractivity contribution in [3.63, 3.8) is 0 Å². The number of hydrazine groups is 1. The Morgan fingerprint density at radius 2 is 1.91 bits per heavy atom. The molecule has 1 unspecified atom stereocenters. The maximum Gasteiger partial charge on any atom is 0.129 e. The van der Waals surface area contributed by atoms with Crippen molar-refractivity contribution in [3.8, 4) is 6.07 Å². The van der Waals surface area contributed by atoms with Crippen LogP contribution in [-0.4, -0.2) is 60.2 Å². The van der Waals surface area contributed by atoms with E-state index in [1.165, 1.54) is 28.1 Å².